The van der Waals surface area contributed by atoms with Crippen molar-refractivity contribution in [3.63, 3.8) is 0 Å². The van der Waals surface area contributed by atoms with Crippen LogP contribution in [0.1, 0.15) is 34.8 Å². The van der Waals surface area contributed by atoms with Gasteiger partial charge in [-0.15, -0.1) is 24.0 Å². The van der Waals surface area contributed by atoms with Crippen LogP contribution < -0.4 is 20.1 Å². The molecule has 0 unspecified atom stereocenters. The summed E-state index contributed by atoms with van der Waals surface area (Å²) >= 11 is 0. The number of methoxy groups -OCH3 is 1. The number of amides is 1. The number of halogens is 1. The summed E-state index contributed by atoms with van der Waals surface area (Å²) in [5.74, 6) is 2.20. The molecule has 2 aromatic carbocycles. The molecule has 2 aromatic rings. The Kier molecular flexibility index (Phi) is 12.5. The van der Waals surface area contributed by atoms with Gasteiger partial charge in [-0.3, -0.25) is 9.79 Å². The van der Waals surface area contributed by atoms with E-state index >= 15 is 0 Å². The fourth-order valence-corrected chi connectivity index (χ4v) is 3.00. The minimum Gasteiger partial charge on any atom is -0.493 e. The molecule has 0 bridgehead atoms. The maximum Gasteiger partial charge on any atom is 0.253 e. The summed E-state index contributed by atoms with van der Waals surface area (Å²) in [7, 11) is 6.90. The molecular weight excluding hydrogens is 519 g/mol. The van der Waals surface area contributed by atoms with Crippen LogP contribution in [0.5, 0.6) is 11.5 Å². The third-order valence-corrected chi connectivity index (χ3v) is 4.66. The Morgan fingerprint density at radius 1 is 1.06 bits per heavy atom. The number of nitrogens with one attached hydrogen (secondary N) is 2. The van der Waals surface area contributed by atoms with Crippen LogP contribution in [0, 0.1) is 0 Å². The molecule has 0 saturated carbocycles. The lowest BCUT2D eigenvalue weighted by molar-refractivity contribution is 0.0827. The Hall–Kier alpha value is -2.49. The quantitative estimate of drug-likeness (QED) is 0.266. The average Bonchev–Trinajstić information content (AvgIpc) is 2.79. The largest absolute Gasteiger partial charge is 0.493 e. The zero-order valence-electron chi connectivity index (χ0n) is 19.6. The predicted octanol–water partition coefficient (Wildman–Crippen LogP) is 3.71. The van der Waals surface area contributed by atoms with Gasteiger partial charge >= 0.3 is 0 Å². The molecule has 1 amide bonds. The van der Waals surface area contributed by atoms with Crippen LogP contribution >= 0.6 is 24.0 Å². The maximum absolute atomic E-state index is 12.1. The molecule has 8 heteroatoms. The van der Waals surface area contributed by atoms with Gasteiger partial charge in [0, 0.05) is 39.8 Å². The van der Waals surface area contributed by atoms with Crippen LogP contribution in [0.2, 0.25) is 0 Å². The first-order chi connectivity index (χ1) is 15.0. The number of carbonyl (C=O) groups is 1. The van der Waals surface area contributed by atoms with Crippen molar-refractivity contribution in [2.45, 2.75) is 26.3 Å². The minimum atomic E-state index is 0. The predicted molar refractivity (Wildman–Crippen MR) is 141 cm³/mol. The summed E-state index contributed by atoms with van der Waals surface area (Å²) in [4.78, 5) is 18.0. The highest BCUT2D eigenvalue weighted by molar-refractivity contribution is 14.0. The van der Waals surface area contributed by atoms with E-state index in [-0.39, 0.29) is 29.9 Å². The van der Waals surface area contributed by atoms with E-state index in [1.54, 1.807) is 33.2 Å². The second kappa shape index (κ2) is 14.5. The van der Waals surface area contributed by atoms with Crippen LogP contribution in [0.4, 0.5) is 0 Å². The van der Waals surface area contributed by atoms with E-state index in [0.29, 0.717) is 31.2 Å². The first-order valence-corrected chi connectivity index (χ1v) is 10.5. The molecular formula is C24H35IN4O3. The molecule has 0 heterocycles. The SMILES string of the molecule is CCCOc1ccc(CNC(=NC)NCCc2cccc(C(=O)N(C)C)c2)cc1OC.I. The van der Waals surface area contributed by atoms with Gasteiger partial charge in [-0.25, -0.2) is 0 Å². The third kappa shape index (κ3) is 8.57. The molecule has 0 spiro atoms. The van der Waals surface area contributed by atoms with E-state index in [4.69, 9.17) is 9.47 Å². The van der Waals surface area contributed by atoms with Gasteiger partial charge in [0.15, 0.2) is 17.5 Å². The van der Waals surface area contributed by atoms with Crippen molar-refractivity contribution >= 4 is 35.8 Å². The monoisotopic (exact) mass is 554 g/mol. The zero-order valence-corrected chi connectivity index (χ0v) is 21.9. The summed E-state index contributed by atoms with van der Waals surface area (Å²) < 4.78 is 11.2. The van der Waals surface area contributed by atoms with Gasteiger partial charge in [-0.2, -0.15) is 0 Å². The lowest BCUT2D eigenvalue weighted by Crippen LogP contribution is -2.37. The van der Waals surface area contributed by atoms with Gasteiger partial charge in [-0.05, 0) is 48.2 Å². The van der Waals surface area contributed by atoms with E-state index in [1.165, 1.54) is 0 Å². The highest BCUT2D eigenvalue weighted by atomic mass is 127. The molecule has 176 valence electrons. The van der Waals surface area contributed by atoms with Crippen LogP contribution in [-0.4, -0.2) is 58.2 Å². The number of carbonyl (C=O) groups excluding carboxylic acids is 1. The van der Waals surface area contributed by atoms with Crippen LogP contribution in [0.3, 0.4) is 0 Å². The number of benzene rings is 2. The van der Waals surface area contributed by atoms with Gasteiger partial charge in [0.05, 0.1) is 13.7 Å². The molecule has 0 aliphatic rings. The molecule has 0 fully saturated rings. The number of ether oxygens (including phenoxy) is 2. The lowest BCUT2D eigenvalue weighted by atomic mass is 10.1. The van der Waals surface area contributed by atoms with E-state index in [0.717, 1.165) is 35.5 Å². The van der Waals surface area contributed by atoms with Gasteiger partial charge < -0.3 is 25.0 Å². The van der Waals surface area contributed by atoms with Gasteiger partial charge in [0.25, 0.3) is 5.91 Å². The van der Waals surface area contributed by atoms with Crippen molar-refractivity contribution in [2.75, 3.05) is 41.4 Å². The number of hydrogen-bond acceptors (Lipinski definition) is 4. The smallest absolute Gasteiger partial charge is 0.253 e. The number of nitrogens with zero attached hydrogens (tertiary/aromatic N) is 2. The molecule has 2 N–H and O–H groups in total. The van der Waals surface area contributed by atoms with E-state index in [1.807, 2.05) is 42.5 Å². The normalized spacial score (nSPS) is 10.7. The number of rotatable bonds is 10. The molecule has 0 radical (unpaired) electrons. The van der Waals surface area contributed by atoms with Gasteiger partial charge in [0.2, 0.25) is 0 Å². The first-order valence-electron chi connectivity index (χ1n) is 10.5. The minimum absolute atomic E-state index is 0. The molecule has 0 saturated heterocycles. The Balaban J connectivity index is 0.00000512. The molecule has 0 atom stereocenters. The Labute approximate surface area is 208 Å². The lowest BCUT2D eigenvalue weighted by Gasteiger charge is -2.15. The van der Waals surface area contributed by atoms with Crippen LogP contribution in [-0.2, 0) is 13.0 Å². The standard InChI is InChI=1S/C24H34N4O3.HI/c1-6-14-31-21-11-10-19(16-22(21)30-5)17-27-24(25-2)26-13-12-18-8-7-9-20(15-18)23(29)28(3)4;/h7-11,15-16H,6,12-14,17H2,1-5H3,(H2,25,26,27);1H. The highest BCUT2D eigenvalue weighted by Crippen LogP contribution is 2.28. The van der Waals surface area contributed by atoms with Crippen LogP contribution in [0.25, 0.3) is 0 Å². The average molecular weight is 554 g/mol. The molecule has 0 aliphatic heterocycles. The fourth-order valence-electron chi connectivity index (χ4n) is 3.00. The summed E-state index contributed by atoms with van der Waals surface area (Å²) in [6.45, 7) is 4.05. The third-order valence-electron chi connectivity index (χ3n) is 4.66. The molecule has 32 heavy (non-hydrogen) atoms. The van der Waals surface area contributed by atoms with Crippen molar-refractivity contribution in [3.8, 4) is 11.5 Å². The van der Waals surface area contributed by atoms with Crippen molar-refractivity contribution in [2.24, 2.45) is 4.99 Å². The molecule has 2 rings (SSSR count). The number of aliphatic imine (C=N–C) groups is 1. The van der Waals surface area contributed by atoms with Crippen molar-refractivity contribution < 1.29 is 14.3 Å². The van der Waals surface area contributed by atoms with Gasteiger partial charge in [-0.1, -0.05) is 25.1 Å². The second-order valence-electron chi connectivity index (χ2n) is 7.34. The van der Waals surface area contributed by atoms with Crippen LogP contribution in [0.15, 0.2) is 47.5 Å². The number of hydrogen-bond donors (Lipinski definition) is 2. The molecule has 0 aromatic heterocycles. The maximum atomic E-state index is 12.1. The Morgan fingerprint density at radius 2 is 1.84 bits per heavy atom. The fraction of sp³-hybridized carbons (Fsp3) is 0.417. The summed E-state index contributed by atoms with van der Waals surface area (Å²) in [6.07, 6.45) is 1.73. The summed E-state index contributed by atoms with van der Waals surface area (Å²) in [6, 6.07) is 13.6. The Morgan fingerprint density at radius 3 is 2.50 bits per heavy atom. The Bertz CT molecular complexity index is 887. The van der Waals surface area contributed by atoms with E-state index in [9.17, 15) is 4.79 Å². The second-order valence-corrected chi connectivity index (χ2v) is 7.34. The topological polar surface area (TPSA) is 75.2 Å². The number of guanidine groups is 1. The van der Waals surface area contributed by atoms with Crippen molar-refractivity contribution in [1.82, 2.24) is 15.5 Å². The van der Waals surface area contributed by atoms with E-state index in [2.05, 4.69) is 22.5 Å². The van der Waals surface area contributed by atoms with Gasteiger partial charge in [0.1, 0.15) is 0 Å². The van der Waals surface area contributed by atoms with E-state index < -0.39 is 0 Å². The molecule has 7 nitrogen and oxygen atoms in total. The van der Waals surface area contributed by atoms with Crippen molar-refractivity contribution in [3.05, 3.63) is 59.2 Å². The summed E-state index contributed by atoms with van der Waals surface area (Å²) in [5.41, 5.74) is 2.87. The molecule has 0 aliphatic carbocycles. The zero-order chi connectivity index (χ0) is 22.6. The van der Waals surface area contributed by atoms with Crippen molar-refractivity contribution in [1.29, 1.82) is 0 Å². The highest BCUT2D eigenvalue weighted by Gasteiger charge is 2.09. The first kappa shape index (κ1) is 27.5. The summed E-state index contributed by atoms with van der Waals surface area (Å²) in [5, 5.41) is 6.63.